The van der Waals surface area contributed by atoms with Crippen molar-refractivity contribution in [2.45, 2.75) is 6.92 Å². The van der Waals surface area contributed by atoms with Gasteiger partial charge in [-0.15, -0.1) is 0 Å². The van der Waals surface area contributed by atoms with Crippen molar-refractivity contribution in [3.63, 3.8) is 0 Å². The van der Waals surface area contributed by atoms with Crippen molar-refractivity contribution in [2.24, 2.45) is 0 Å². The van der Waals surface area contributed by atoms with E-state index in [2.05, 4.69) is 6.07 Å². The second-order valence-electron chi connectivity index (χ2n) is 5.02. The van der Waals surface area contributed by atoms with Crippen LogP contribution in [0.3, 0.4) is 0 Å². The van der Waals surface area contributed by atoms with Gasteiger partial charge in [-0.1, -0.05) is 60.2 Å². The van der Waals surface area contributed by atoms with Crippen LogP contribution in [0.15, 0.2) is 60.7 Å². The molecule has 0 fully saturated rings. The van der Waals surface area contributed by atoms with Crippen molar-refractivity contribution < 1.29 is 4.79 Å². The van der Waals surface area contributed by atoms with Crippen LogP contribution < -0.4 is 0 Å². The summed E-state index contributed by atoms with van der Waals surface area (Å²) in [6.45, 7) is 1.98. The highest BCUT2D eigenvalue weighted by Gasteiger charge is 2.15. The second kappa shape index (κ2) is 5.22. The summed E-state index contributed by atoms with van der Waals surface area (Å²) in [5, 5.41) is 11.2. The molecule has 21 heavy (non-hydrogen) atoms. The Morgan fingerprint density at radius 2 is 1.67 bits per heavy atom. The maximum absolute atomic E-state index is 12.6. The van der Waals surface area contributed by atoms with Gasteiger partial charge in [0, 0.05) is 16.5 Å². The van der Waals surface area contributed by atoms with E-state index < -0.39 is 0 Å². The van der Waals surface area contributed by atoms with Crippen molar-refractivity contribution in [1.29, 1.82) is 5.26 Å². The zero-order valence-corrected chi connectivity index (χ0v) is 11.6. The topological polar surface area (TPSA) is 40.9 Å². The zero-order valence-electron chi connectivity index (χ0n) is 11.6. The first-order valence-electron chi connectivity index (χ1n) is 6.74. The summed E-state index contributed by atoms with van der Waals surface area (Å²) in [4.78, 5) is 12.6. The Labute approximate surface area is 123 Å². The molecule has 0 aromatic heterocycles. The van der Waals surface area contributed by atoms with Crippen LogP contribution in [-0.2, 0) is 0 Å². The average molecular weight is 271 g/mol. The van der Waals surface area contributed by atoms with Crippen LogP contribution in [0.5, 0.6) is 0 Å². The highest BCUT2D eigenvalue weighted by atomic mass is 16.1. The van der Waals surface area contributed by atoms with Gasteiger partial charge in [-0.3, -0.25) is 4.79 Å². The number of ketones is 1. The van der Waals surface area contributed by atoms with E-state index >= 15 is 0 Å². The van der Waals surface area contributed by atoms with Crippen molar-refractivity contribution in [3.8, 4) is 6.07 Å². The molecule has 2 nitrogen and oxygen atoms in total. The molecule has 0 amide bonds. The fourth-order valence-electron chi connectivity index (χ4n) is 2.44. The second-order valence-corrected chi connectivity index (χ2v) is 5.02. The van der Waals surface area contributed by atoms with E-state index in [0.717, 1.165) is 16.3 Å². The number of nitriles is 1. The van der Waals surface area contributed by atoms with E-state index in [0.29, 0.717) is 16.7 Å². The number of nitrogens with zero attached hydrogens (tertiary/aromatic N) is 1. The van der Waals surface area contributed by atoms with Crippen molar-refractivity contribution in [3.05, 3.63) is 82.9 Å². The van der Waals surface area contributed by atoms with E-state index in [-0.39, 0.29) is 5.78 Å². The highest BCUT2D eigenvalue weighted by Crippen LogP contribution is 2.24. The molecule has 0 aliphatic heterocycles. The molecule has 3 rings (SSSR count). The number of rotatable bonds is 2. The Balaban J connectivity index is 2.18. The van der Waals surface area contributed by atoms with Crippen molar-refractivity contribution in [1.82, 2.24) is 0 Å². The third kappa shape index (κ3) is 2.30. The molecule has 0 heterocycles. The number of fused-ring (bicyclic) bond motifs is 1. The van der Waals surface area contributed by atoms with Gasteiger partial charge < -0.3 is 0 Å². The number of benzene rings is 3. The molecule has 0 aliphatic rings. The Morgan fingerprint density at radius 1 is 0.952 bits per heavy atom. The van der Waals surface area contributed by atoms with Crippen LogP contribution in [-0.4, -0.2) is 5.78 Å². The summed E-state index contributed by atoms with van der Waals surface area (Å²) in [5.74, 6) is -0.114. The SMILES string of the molecule is Cc1ccc(C(=O)c2ccc3ccccc3c2C#N)cc1. The lowest BCUT2D eigenvalue weighted by Crippen LogP contribution is -2.04. The smallest absolute Gasteiger partial charge is 0.194 e. The molecule has 0 atom stereocenters. The van der Waals surface area contributed by atoms with Crippen LogP contribution in [0.25, 0.3) is 10.8 Å². The summed E-state index contributed by atoms with van der Waals surface area (Å²) in [6.07, 6.45) is 0. The molecule has 100 valence electrons. The molecule has 2 heteroatoms. The number of aryl methyl sites for hydroxylation is 1. The molecule has 0 saturated heterocycles. The fraction of sp³-hybridized carbons (Fsp3) is 0.0526. The van der Waals surface area contributed by atoms with Crippen LogP contribution in [0, 0.1) is 18.3 Å². The molecule has 0 radical (unpaired) electrons. The van der Waals surface area contributed by atoms with Gasteiger partial charge in [-0.2, -0.15) is 5.26 Å². The first kappa shape index (κ1) is 13.1. The summed E-state index contributed by atoms with van der Waals surface area (Å²) >= 11 is 0. The average Bonchev–Trinajstić information content (AvgIpc) is 2.53. The Morgan fingerprint density at radius 3 is 2.38 bits per heavy atom. The molecular weight excluding hydrogens is 258 g/mol. The van der Waals surface area contributed by atoms with E-state index in [1.807, 2.05) is 49.4 Å². The number of hydrogen-bond donors (Lipinski definition) is 0. The number of carbonyl (C=O) groups is 1. The lowest BCUT2D eigenvalue weighted by atomic mass is 9.94. The molecule has 0 aliphatic carbocycles. The largest absolute Gasteiger partial charge is 0.289 e. The molecule has 0 spiro atoms. The normalized spacial score (nSPS) is 10.3. The lowest BCUT2D eigenvalue weighted by Gasteiger charge is -2.07. The third-order valence-corrected chi connectivity index (χ3v) is 3.60. The Bertz CT molecular complexity index is 870. The molecule has 0 saturated carbocycles. The predicted octanol–water partition coefficient (Wildman–Crippen LogP) is 4.25. The monoisotopic (exact) mass is 271 g/mol. The fourth-order valence-corrected chi connectivity index (χ4v) is 2.44. The molecule has 3 aromatic rings. The summed E-state index contributed by atoms with van der Waals surface area (Å²) < 4.78 is 0. The van der Waals surface area contributed by atoms with Gasteiger partial charge in [-0.25, -0.2) is 0 Å². The predicted molar refractivity (Wildman–Crippen MR) is 83.3 cm³/mol. The summed E-state index contributed by atoms with van der Waals surface area (Å²) in [7, 11) is 0. The summed E-state index contributed by atoms with van der Waals surface area (Å²) in [6, 6.07) is 20.8. The molecule has 0 bridgehead atoms. The summed E-state index contributed by atoms with van der Waals surface area (Å²) in [5.41, 5.74) is 2.61. The van der Waals surface area contributed by atoms with Crippen LogP contribution >= 0.6 is 0 Å². The van der Waals surface area contributed by atoms with E-state index in [9.17, 15) is 10.1 Å². The van der Waals surface area contributed by atoms with Gasteiger partial charge in [0.2, 0.25) is 0 Å². The maximum Gasteiger partial charge on any atom is 0.194 e. The van der Waals surface area contributed by atoms with E-state index in [1.54, 1.807) is 18.2 Å². The Kier molecular flexibility index (Phi) is 3.25. The lowest BCUT2D eigenvalue weighted by molar-refractivity contribution is 0.103. The Hall–Kier alpha value is -2.92. The minimum Gasteiger partial charge on any atom is -0.289 e. The number of carbonyl (C=O) groups excluding carboxylic acids is 1. The highest BCUT2D eigenvalue weighted by molar-refractivity contribution is 6.13. The van der Waals surface area contributed by atoms with Gasteiger partial charge in [0.1, 0.15) is 6.07 Å². The minimum absolute atomic E-state index is 0.114. The van der Waals surface area contributed by atoms with Crippen molar-refractivity contribution >= 4 is 16.6 Å². The van der Waals surface area contributed by atoms with Crippen LogP contribution in [0.2, 0.25) is 0 Å². The first-order chi connectivity index (χ1) is 10.2. The molecule has 0 N–H and O–H groups in total. The quantitative estimate of drug-likeness (QED) is 0.654. The van der Waals surface area contributed by atoms with Gasteiger partial charge in [-0.05, 0) is 18.4 Å². The van der Waals surface area contributed by atoms with Crippen molar-refractivity contribution in [2.75, 3.05) is 0 Å². The van der Waals surface area contributed by atoms with E-state index in [1.165, 1.54) is 0 Å². The molecule has 3 aromatic carbocycles. The van der Waals surface area contributed by atoms with Gasteiger partial charge in [0.25, 0.3) is 0 Å². The van der Waals surface area contributed by atoms with Gasteiger partial charge >= 0.3 is 0 Å². The molecular formula is C19H13NO. The number of hydrogen-bond acceptors (Lipinski definition) is 2. The third-order valence-electron chi connectivity index (χ3n) is 3.60. The minimum atomic E-state index is -0.114. The molecule has 0 unspecified atom stereocenters. The van der Waals surface area contributed by atoms with Crippen LogP contribution in [0.1, 0.15) is 27.0 Å². The zero-order chi connectivity index (χ0) is 14.8. The maximum atomic E-state index is 12.6. The van der Waals surface area contributed by atoms with Gasteiger partial charge in [0.15, 0.2) is 5.78 Å². The van der Waals surface area contributed by atoms with E-state index in [4.69, 9.17) is 0 Å². The van der Waals surface area contributed by atoms with Gasteiger partial charge in [0.05, 0.1) is 5.56 Å². The first-order valence-corrected chi connectivity index (χ1v) is 6.74. The van der Waals surface area contributed by atoms with Crippen LogP contribution in [0.4, 0.5) is 0 Å². The standard InChI is InChI=1S/C19H13NO/c1-13-6-8-15(9-7-13)19(21)17-11-10-14-4-2-3-5-16(14)18(17)12-20/h2-11H,1H3.